The van der Waals surface area contributed by atoms with Gasteiger partial charge in [-0.3, -0.25) is 4.79 Å². The van der Waals surface area contributed by atoms with Crippen molar-refractivity contribution in [2.24, 2.45) is 39.9 Å². The van der Waals surface area contributed by atoms with Gasteiger partial charge in [-0.05, 0) is 138 Å². The highest BCUT2D eigenvalue weighted by molar-refractivity contribution is 5.69. The van der Waals surface area contributed by atoms with E-state index >= 15 is 0 Å². The van der Waals surface area contributed by atoms with E-state index < -0.39 is 0 Å². The lowest BCUT2D eigenvalue weighted by atomic mass is 9.39. The molecule has 3 saturated carbocycles. The topological polar surface area (TPSA) is 38.8 Å². The molecule has 4 rings (SSSR count). The third-order valence-corrected chi connectivity index (χ3v) is 13.7. The normalized spacial score (nSPS) is 39.6. The van der Waals surface area contributed by atoms with E-state index in [1.165, 1.54) is 76.2 Å². The van der Waals surface area contributed by atoms with Crippen LogP contribution in [0, 0.1) is 39.9 Å². The highest BCUT2D eigenvalue weighted by atomic mass is 16.6. The number of carbonyl (C=O) groups is 1. The van der Waals surface area contributed by atoms with Gasteiger partial charge in [-0.1, -0.05) is 72.0 Å². The van der Waals surface area contributed by atoms with Crippen molar-refractivity contribution < 1.29 is 14.3 Å². The lowest BCUT2D eigenvalue weighted by Crippen LogP contribution is -2.61. The summed E-state index contributed by atoms with van der Waals surface area (Å²) in [6.45, 7) is 22.5. The molecule has 0 amide bonds. The summed E-state index contributed by atoms with van der Waals surface area (Å²) < 4.78 is 12.5. The largest absolute Gasteiger partial charge is 0.466 e. The summed E-state index contributed by atoms with van der Waals surface area (Å²) in [4.78, 5) is 12.4. The van der Waals surface area contributed by atoms with Gasteiger partial charge in [0.2, 0.25) is 0 Å². The molecule has 0 bridgehead atoms. The van der Waals surface area contributed by atoms with Gasteiger partial charge in [0.05, 0.1) is 12.2 Å². The number of rotatable bonds is 14. The number of hydrogen-bond donors (Lipinski definition) is 0. The average molecular weight is 571 g/mol. The minimum absolute atomic E-state index is 0.00333. The second kappa shape index (κ2) is 12.6. The van der Waals surface area contributed by atoms with E-state index in [4.69, 9.17) is 9.47 Å². The smallest absolute Gasteiger partial charge is 0.305 e. The van der Waals surface area contributed by atoms with Crippen LogP contribution in [-0.2, 0) is 14.3 Å². The first-order chi connectivity index (χ1) is 19.3. The van der Waals surface area contributed by atoms with E-state index in [0.717, 1.165) is 43.4 Å². The second-order valence-corrected chi connectivity index (χ2v) is 16.5. The molecule has 0 aromatic heterocycles. The molecule has 236 valence electrons. The third kappa shape index (κ3) is 6.10. The van der Waals surface area contributed by atoms with Crippen LogP contribution in [0.5, 0.6) is 0 Å². The van der Waals surface area contributed by atoms with E-state index in [1.807, 2.05) is 0 Å². The summed E-state index contributed by atoms with van der Waals surface area (Å²) in [7, 11) is 0. The van der Waals surface area contributed by atoms with Gasteiger partial charge < -0.3 is 9.47 Å². The second-order valence-electron chi connectivity index (χ2n) is 16.5. The number of ether oxygens (including phenoxy) is 2. The molecule has 1 heterocycles. The average Bonchev–Trinajstić information content (AvgIpc) is 3.32. The molecule has 0 radical (unpaired) electrons. The first kappa shape index (κ1) is 33.1. The van der Waals surface area contributed by atoms with Crippen molar-refractivity contribution in [3.05, 3.63) is 11.6 Å². The predicted octanol–water partition coefficient (Wildman–Crippen LogP) is 10.8. The number of fused-ring (bicyclic) bond motifs is 3. The highest BCUT2D eigenvalue weighted by Gasteiger charge is 2.76. The minimum Gasteiger partial charge on any atom is -0.466 e. The fourth-order valence-corrected chi connectivity index (χ4v) is 11.1. The van der Waals surface area contributed by atoms with Crippen LogP contribution in [0.1, 0.15) is 165 Å². The summed E-state index contributed by atoms with van der Waals surface area (Å²) in [6, 6.07) is 0. The van der Waals surface area contributed by atoms with Gasteiger partial charge in [-0.15, -0.1) is 0 Å². The Bertz CT molecular complexity index is 932. The molecule has 1 saturated heterocycles. The van der Waals surface area contributed by atoms with Gasteiger partial charge in [0.25, 0.3) is 0 Å². The van der Waals surface area contributed by atoms with Crippen LogP contribution in [-0.4, -0.2) is 23.8 Å². The van der Waals surface area contributed by atoms with Crippen molar-refractivity contribution in [1.82, 2.24) is 0 Å². The zero-order chi connectivity index (χ0) is 30.1. The van der Waals surface area contributed by atoms with Crippen LogP contribution in [0.2, 0.25) is 0 Å². The van der Waals surface area contributed by atoms with Crippen LogP contribution < -0.4 is 0 Å². The van der Waals surface area contributed by atoms with Gasteiger partial charge in [-0.2, -0.15) is 0 Å². The number of unbranched alkanes of at least 4 members (excludes halogenated alkanes) is 4. The van der Waals surface area contributed by atoms with E-state index in [-0.39, 0.29) is 17.2 Å². The van der Waals surface area contributed by atoms with E-state index in [2.05, 4.69) is 68.4 Å². The molecule has 3 heteroatoms. The number of hydrogen-bond acceptors (Lipinski definition) is 3. The zero-order valence-corrected chi connectivity index (χ0v) is 28.6. The summed E-state index contributed by atoms with van der Waals surface area (Å²) >= 11 is 0. The molecular formula is C38H66O3. The molecule has 0 N–H and O–H groups in total. The number of carbonyl (C=O) groups excluding carboxylic acids is 1. The first-order valence-electron chi connectivity index (χ1n) is 17.8. The maximum atomic E-state index is 12.4. The number of allylic oxidation sites excluding steroid dienone is 2. The molecule has 1 spiro atoms. The van der Waals surface area contributed by atoms with Gasteiger partial charge in [0.1, 0.15) is 5.60 Å². The zero-order valence-electron chi connectivity index (χ0n) is 28.6. The lowest BCUT2D eigenvalue weighted by molar-refractivity contribution is -0.173. The summed E-state index contributed by atoms with van der Waals surface area (Å²) in [5, 5.41) is 0. The fraction of sp³-hybridized carbons (Fsp3) is 0.921. The fourth-order valence-electron chi connectivity index (χ4n) is 11.1. The quantitative estimate of drug-likeness (QED) is 0.0902. The summed E-state index contributed by atoms with van der Waals surface area (Å²) in [5.41, 5.74) is 2.57. The Labute approximate surface area is 254 Å². The number of epoxide rings is 1. The first-order valence-corrected chi connectivity index (χ1v) is 17.8. The maximum absolute atomic E-state index is 12.4. The Morgan fingerprint density at radius 1 is 0.927 bits per heavy atom. The molecule has 8 atom stereocenters. The minimum atomic E-state index is -0.0277. The lowest BCUT2D eigenvalue weighted by Gasteiger charge is -2.65. The monoisotopic (exact) mass is 571 g/mol. The molecule has 0 aromatic carbocycles. The predicted molar refractivity (Wildman–Crippen MR) is 172 cm³/mol. The van der Waals surface area contributed by atoms with Crippen molar-refractivity contribution in [2.75, 3.05) is 6.61 Å². The highest BCUT2D eigenvalue weighted by Crippen LogP contribution is 2.77. The Balaban J connectivity index is 1.42. The SMILES string of the molecule is CCCCCCCC(=O)OCCC[C@H]1[C@]2(C)CC[C@@]3(C)[C@H]([C@@H](C)CCC=C(C)C)CC[C@]3(C)[C@H]2CC[C@]12OC2(C)C. The number of esters is 1. The molecule has 0 aromatic rings. The van der Waals surface area contributed by atoms with E-state index in [1.54, 1.807) is 0 Å². The maximum Gasteiger partial charge on any atom is 0.305 e. The van der Waals surface area contributed by atoms with Crippen LogP contribution in [0.25, 0.3) is 0 Å². The Hall–Kier alpha value is -0.830. The van der Waals surface area contributed by atoms with Crippen molar-refractivity contribution in [3.8, 4) is 0 Å². The van der Waals surface area contributed by atoms with E-state index in [0.29, 0.717) is 35.2 Å². The standard InChI is InChI=1S/C38H66O3/c1-10-11-12-13-14-20-33(39)40-27-16-19-32-35(7)25-26-36(8)30(29(4)18-15-17-28(2)3)21-23-37(36,9)31(35)22-24-38(32)34(5,6)41-38/h17,29-32H,10-16,18-27H2,1-9H3/t29-,30-,31-,32-,35+,36-,37+,38-/m0/s1. The van der Waals surface area contributed by atoms with Gasteiger partial charge >= 0.3 is 5.97 Å². The summed E-state index contributed by atoms with van der Waals surface area (Å²) in [5.74, 6) is 2.94. The Kier molecular flexibility index (Phi) is 10.2. The molecule has 0 unspecified atom stereocenters. The van der Waals surface area contributed by atoms with Crippen LogP contribution in [0.3, 0.4) is 0 Å². The Morgan fingerprint density at radius 2 is 1.63 bits per heavy atom. The van der Waals surface area contributed by atoms with Crippen molar-refractivity contribution >= 4 is 5.97 Å². The Morgan fingerprint density at radius 3 is 2.29 bits per heavy atom. The molecule has 3 aliphatic carbocycles. The van der Waals surface area contributed by atoms with Crippen LogP contribution in [0.15, 0.2) is 11.6 Å². The van der Waals surface area contributed by atoms with Crippen LogP contribution >= 0.6 is 0 Å². The third-order valence-electron chi connectivity index (χ3n) is 13.7. The van der Waals surface area contributed by atoms with Crippen molar-refractivity contribution in [3.63, 3.8) is 0 Å². The molecule has 41 heavy (non-hydrogen) atoms. The molecule has 4 aliphatic rings. The van der Waals surface area contributed by atoms with Crippen LogP contribution in [0.4, 0.5) is 0 Å². The summed E-state index contributed by atoms with van der Waals surface area (Å²) in [6.07, 6.45) is 21.5. The van der Waals surface area contributed by atoms with Gasteiger partial charge in [0, 0.05) is 6.42 Å². The molecule has 4 fully saturated rings. The van der Waals surface area contributed by atoms with Gasteiger partial charge in [0.15, 0.2) is 0 Å². The molecule has 1 aliphatic heterocycles. The van der Waals surface area contributed by atoms with Gasteiger partial charge in [-0.25, -0.2) is 0 Å². The van der Waals surface area contributed by atoms with Crippen molar-refractivity contribution in [2.45, 2.75) is 176 Å². The van der Waals surface area contributed by atoms with Crippen molar-refractivity contribution in [1.29, 1.82) is 0 Å². The van der Waals surface area contributed by atoms with E-state index in [9.17, 15) is 4.79 Å². The molecule has 3 nitrogen and oxygen atoms in total. The molecular weight excluding hydrogens is 504 g/mol.